The van der Waals surface area contributed by atoms with Crippen molar-refractivity contribution >= 4 is 116 Å². The molecule has 0 aromatic rings. The van der Waals surface area contributed by atoms with E-state index in [0.717, 1.165) is 37.2 Å². The van der Waals surface area contributed by atoms with Crippen LogP contribution in [-0.4, -0.2) is 149 Å². The molecule has 12 unspecified atom stereocenters. The van der Waals surface area contributed by atoms with E-state index in [1.807, 2.05) is 0 Å². The summed E-state index contributed by atoms with van der Waals surface area (Å²) >= 11 is 0. The van der Waals surface area contributed by atoms with Crippen LogP contribution in [0.2, 0.25) is 147 Å². The fraction of sp³-hybridized carbons (Fsp3) is 0.840. The molecule has 3 aliphatic heterocycles. The van der Waals surface area contributed by atoms with Crippen LogP contribution in [0.1, 0.15) is 48.0 Å². The number of hydrogen-bond acceptors (Lipinski definition) is 7. The molecule has 5 fully saturated rings. The van der Waals surface area contributed by atoms with Gasteiger partial charge in [0.15, 0.2) is 25.0 Å². The van der Waals surface area contributed by atoms with Crippen molar-refractivity contribution in [2.75, 3.05) is 33.0 Å². The SMILES string of the molecule is C.C.C.C=CC(=O)OCCO[Si]1(C)C[SiH](C)C[SiH](C)C[SiH](C)C1.C[SiH]1C[SiH](C)C[Si](C)(OCC2CC3C=CC2C3)C[SiH](C)C1.C[SiH]1C[SiH](C)C[Si](C)(OCCOC(=O)C2CC3C=CC2C3)C[SiH](C)C1. The van der Waals surface area contributed by atoms with E-state index in [-0.39, 0.29) is 57.7 Å². The summed E-state index contributed by atoms with van der Waals surface area (Å²) in [5.74, 6) is 3.53. The third kappa shape index (κ3) is 22.4. The van der Waals surface area contributed by atoms with E-state index in [1.54, 1.807) is 45.3 Å². The molecule has 7 rings (SSSR count). The minimum Gasteiger partial charge on any atom is -0.463 e. The maximum Gasteiger partial charge on any atom is 0.330 e. The summed E-state index contributed by atoms with van der Waals surface area (Å²) in [6.45, 7) is 37.4. The Labute approximate surface area is 445 Å². The van der Waals surface area contributed by atoms with Crippen molar-refractivity contribution in [2.24, 2.45) is 35.5 Å². The highest BCUT2D eigenvalue weighted by molar-refractivity contribution is 7.00. The predicted molar refractivity (Wildman–Crippen MR) is 338 cm³/mol. The average molecular weight is 1160 g/mol. The van der Waals surface area contributed by atoms with E-state index < -0.39 is 86.5 Å². The van der Waals surface area contributed by atoms with Crippen molar-refractivity contribution < 1.29 is 32.3 Å². The number of hydrogen-bond donors (Lipinski definition) is 0. The summed E-state index contributed by atoms with van der Waals surface area (Å²) in [6.07, 6.45) is 15.7. The molecule has 2 saturated carbocycles. The highest BCUT2D eigenvalue weighted by atomic mass is 28.4. The van der Waals surface area contributed by atoms with Crippen LogP contribution >= 0.6 is 0 Å². The van der Waals surface area contributed by atoms with Crippen LogP contribution in [-0.2, 0) is 32.3 Å². The van der Waals surface area contributed by atoms with Crippen LogP contribution in [0.15, 0.2) is 37.0 Å². The lowest BCUT2D eigenvalue weighted by atomic mass is 9.94. The van der Waals surface area contributed by atoms with Gasteiger partial charge in [0, 0.05) is 91.9 Å². The first-order chi connectivity index (χ1) is 31.1. The zero-order chi connectivity index (χ0) is 48.2. The van der Waals surface area contributed by atoms with Crippen LogP contribution in [0.4, 0.5) is 0 Å². The van der Waals surface area contributed by atoms with Crippen LogP contribution in [0.5, 0.6) is 0 Å². The summed E-state index contributed by atoms with van der Waals surface area (Å²) in [5, 5.41) is 0. The second-order valence-electron chi connectivity index (χ2n) is 25.4. The van der Waals surface area contributed by atoms with Gasteiger partial charge in [-0.1, -0.05) is 146 Å². The van der Waals surface area contributed by atoms with Gasteiger partial charge in [-0.3, -0.25) is 4.79 Å². The molecule has 19 heteroatoms. The van der Waals surface area contributed by atoms with E-state index in [4.69, 9.17) is 22.8 Å². The van der Waals surface area contributed by atoms with Crippen LogP contribution < -0.4 is 0 Å². The Bertz CT molecular complexity index is 1570. The molecule has 3 saturated heterocycles. The first-order valence-electron chi connectivity index (χ1n) is 27.4. The molecule has 7 aliphatic rings. The van der Waals surface area contributed by atoms with Gasteiger partial charge in [-0.25, -0.2) is 4.79 Å². The summed E-state index contributed by atoms with van der Waals surface area (Å²) in [4.78, 5) is 23.3. The number of esters is 2. The Morgan fingerprint density at radius 1 is 0.493 bits per heavy atom. The largest absolute Gasteiger partial charge is 0.463 e. The van der Waals surface area contributed by atoms with Crippen molar-refractivity contribution in [3.8, 4) is 0 Å². The van der Waals surface area contributed by atoms with Gasteiger partial charge in [-0.2, -0.15) is 0 Å². The molecule has 0 aromatic carbocycles. The predicted octanol–water partition coefficient (Wildman–Crippen LogP) is 10.6. The Kier molecular flexibility index (Phi) is 29.5. The molecular formula is C50H112O7Si12. The fourth-order valence-corrected chi connectivity index (χ4v) is 115. The molecule has 4 aliphatic carbocycles. The van der Waals surface area contributed by atoms with Crippen molar-refractivity contribution in [2.45, 2.75) is 195 Å². The van der Waals surface area contributed by atoms with Crippen molar-refractivity contribution in [1.29, 1.82) is 0 Å². The van der Waals surface area contributed by atoms with Gasteiger partial charge in [0.05, 0.1) is 19.1 Å². The second-order valence-corrected chi connectivity index (χ2v) is 76.0. The van der Waals surface area contributed by atoms with Gasteiger partial charge < -0.3 is 22.8 Å². The lowest BCUT2D eigenvalue weighted by molar-refractivity contribution is -0.150. The van der Waals surface area contributed by atoms with Crippen molar-refractivity contribution in [3.05, 3.63) is 37.0 Å². The van der Waals surface area contributed by atoms with E-state index in [1.165, 1.54) is 41.6 Å². The zero-order valence-corrected chi connectivity index (χ0v) is 57.9. The summed E-state index contributed by atoms with van der Waals surface area (Å²) in [5.41, 5.74) is 18.9. The minimum atomic E-state index is -1.55. The average Bonchev–Trinajstić information content (AvgIpc) is 4.03. The normalized spacial score (nSPS) is 41.2. The molecule has 0 N–H and O–H groups in total. The third-order valence-electron chi connectivity index (χ3n) is 16.9. The molecule has 3 heterocycles. The van der Waals surface area contributed by atoms with Gasteiger partial charge in [-0.15, -0.1) is 0 Å². The van der Waals surface area contributed by atoms with Crippen molar-refractivity contribution in [3.63, 3.8) is 0 Å². The summed E-state index contributed by atoms with van der Waals surface area (Å²) in [6, 6.07) is 0. The Morgan fingerprint density at radius 3 is 1.19 bits per heavy atom. The number of carbonyl (C=O) groups excluding carboxylic acids is 2. The highest BCUT2D eigenvalue weighted by Crippen LogP contribution is 2.45. The molecule has 0 radical (unpaired) electrons. The molecule has 4 bridgehead atoms. The second kappa shape index (κ2) is 31.0. The highest BCUT2D eigenvalue weighted by Gasteiger charge is 2.43. The first-order valence-corrected chi connectivity index (χ1v) is 60.9. The number of rotatable bonds is 13. The number of carbonyl (C=O) groups is 2. The van der Waals surface area contributed by atoms with Gasteiger partial charge in [0.2, 0.25) is 0 Å². The van der Waals surface area contributed by atoms with Gasteiger partial charge in [0.25, 0.3) is 0 Å². The monoisotopic (exact) mass is 1160 g/mol. The Balaban J connectivity index is 0.000000350. The van der Waals surface area contributed by atoms with Crippen LogP contribution in [0.3, 0.4) is 0 Å². The number of allylic oxidation sites excluding steroid dienone is 4. The standard InChI is InChI=1S/C18H36O3Si4.C16H34OSi4.C13H30O3Si4.3CH4/c1-22-11-23(2)13-25(4,14-24(3)12-22)21-8-7-20-18(19)17-10-15-5-6-16(17)9-15;1-18-10-19(2)12-21(4,13-20(3)11-18)17-9-16-8-14-5-6-15(16)7-14;1-6-13(14)15-7-8-16-20(5)11-18(3)9-17(2)10-19(4)12-20;;;/h5-6,15-17,22-24H,7-14H2,1-4H3;5-6,14-16,18-20H,7-13H2,1-4H3;6,17-19H,1,7-12H2,2-5H3;3*1H4. The lowest BCUT2D eigenvalue weighted by Gasteiger charge is -2.37. The van der Waals surface area contributed by atoms with E-state index >= 15 is 0 Å². The number of fused-ring (bicyclic) bond motifs is 4. The smallest absolute Gasteiger partial charge is 0.330 e. The van der Waals surface area contributed by atoms with Gasteiger partial charge in [0.1, 0.15) is 13.2 Å². The van der Waals surface area contributed by atoms with Crippen LogP contribution in [0, 0.1) is 35.5 Å². The lowest BCUT2D eigenvalue weighted by Crippen LogP contribution is -2.47. The maximum atomic E-state index is 12.3. The Hall–Kier alpha value is 0.643. The fourth-order valence-electron chi connectivity index (χ4n) is 15.4. The number of ether oxygens (including phenoxy) is 2. The maximum absolute atomic E-state index is 12.3. The first kappa shape index (κ1) is 65.8. The molecule has 0 aromatic heterocycles. The Morgan fingerprint density at radius 2 is 0.855 bits per heavy atom. The van der Waals surface area contributed by atoms with Gasteiger partial charge in [-0.05, 0) is 109 Å². The van der Waals surface area contributed by atoms with E-state index in [0.29, 0.717) is 38.3 Å². The summed E-state index contributed by atoms with van der Waals surface area (Å²) < 4.78 is 30.2. The zero-order valence-electron chi connectivity index (χ0n) is 44.5. The topological polar surface area (TPSA) is 80.3 Å². The molecule has 7 nitrogen and oxygen atoms in total. The van der Waals surface area contributed by atoms with Crippen molar-refractivity contribution in [1.82, 2.24) is 0 Å². The molecule has 0 spiro atoms. The quantitative estimate of drug-likeness (QED) is 0.0598. The van der Waals surface area contributed by atoms with E-state index in [9.17, 15) is 9.59 Å². The van der Waals surface area contributed by atoms with E-state index in [2.05, 4.69) is 109 Å². The third-order valence-corrected chi connectivity index (χ3v) is 95.6. The minimum absolute atomic E-state index is 0. The molecule has 12 atom stereocenters. The molecule has 402 valence electrons. The van der Waals surface area contributed by atoms with Crippen LogP contribution in [0.25, 0.3) is 0 Å². The molecule has 0 amide bonds. The molecular weight excluding hydrogens is 1050 g/mol. The summed E-state index contributed by atoms with van der Waals surface area (Å²) in [7, 11) is -8.68. The van der Waals surface area contributed by atoms with Gasteiger partial charge >= 0.3 is 11.9 Å². The molecule has 69 heavy (non-hydrogen) atoms.